The Kier molecular flexibility index (Phi) is 4.15. The van der Waals surface area contributed by atoms with Crippen LogP contribution in [0.3, 0.4) is 0 Å². The molecular weight excluding hydrogens is 338 g/mol. The highest BCUT2D eigenvalue weighted by atomic mass is 16.2. The van der Waals surface area contributed by atoms with Gasteiger partial charge in [-0.05, 0) is 49.5 Å². The predicted octanol–water partition coefficient (Wildman–Crippen LogP) is 3.43. The van der Waals surface area contributed by atoms with E-state index in [1.165, 1.54) is 5.56 Å². The fraction of sp³-hybridized carbons (Fsp3) is 0.333. The van der Waals surface area contributed by atoms with E-state index in [-0.39, 0.29) is 12.1 Å². The summed E-state index contributed by atoms with van der Waals surface area (Å²) in [5.74, 6) is 0. The van der Waals surface area contributed by atoms with Crippen molar-refractivity contribution in [2.75, 3.05) is 0 Å². The van der Waals surface area contributed by atoms with Crippen molar-refractivity contribution in [2.45, 2.75) is 44.6 Å². The maximum atomic E-state index is 12.5. The smallest absolute Gasteiger partial charge is 0.319 e. The fourth-order valence-electron chi connectivity index (χ4n) is 3.69. The maximum absolute atomic E-state index is 12.5. The van der Waals surface area contributed by atoms with Gasteiger partial charge in [-0.25, -0.2) is 4.79 Å². The molecule has 6 heteroatoms. The Bertz CT molecular complexity index is 975. The number of amides is 2. The van der Waals surface area contributed by atoms with Gasteiger partial charge in [-0.3, -0.25) is 0 Å². The number of hydrogen-bond donors (Lipinski definition) is 2. The van der Waals surface area contributed by atoms with E-state index in [1.807, 2.05) is 38.1 Å². The molecule has 2 N–H and O–H groups in total. The molecule has 1 unspecified atom stereocenters. The van der Waals surface area contributed by atoms with E-state index < -0.39 is 5.41 Å². The molecule has 0 spiro atoms. The lowest BCUT2D eigenvalue weighted by atomic mass is 9.85. The number of nitrogens with one attached hydrogen (secondary N) is 2. The van der Waals surface area contributed by atoms with Gasteiger partial charge in [0.1, 0.15) is 0 Å². The molecule has 1 aromatic carbocycles. The van der Waals surface area contributed by atoms with Crippen LogP contribution in [0.5, 0.6) is 0 Å². The Morgan fingerprint density at radius 2 is 2.22 bits per heavy atom. The molecule has 0 radical (unpaired) electrons. The number of fused-ring (bicyclic) bond motifs is 2. The number of aryl methyl sites for hydroxylation is 1. The number of urea groups is 1. The summed E-state index contributed by atoms with van der Waals surface area (Å²) in [4.78, 5) is 12.5. The zero-order chi connectivity index (χ0) is 19.0. The molecule has 1 aliphatic heterocycles. The Hall–Kier alpha value is -3.20. The van der Waals surface area contributed by atoms with E-state index in [0.29, 0.717) is 0 Å². The van der Waals surface area contributed by atoms with Gasteiger partial charge in [-0.2, -0.15) is 15.5 Å². The van der Waals surface area contributed by atoms with Crippen molar-refractivity contribution in [3.63, 3.8) is 0 Å². The van der Waals surface area contributed by atoms with Crippen molar-refractivity contribution in [3.05, 3.63) is 58.3 Å². The minimum Gasteiger partial charge on any atom is -0.331 e. The summed E-state index contributed by atoms with van der Waals surface area (Å²) >= 11 is 0. The van der Waals surface area contributed by atoms with Gasteiger partial charge in [0.05, 0.1) is 35.1 Å². The molecule has 3 aliphatic rings. The Labute approximate surface area is 158 Å². The summed E-state index contributed by atoms with van der Waals surface area (Å²) in [6.45, 7) is 3.84. The molecule has 6 nitrogen and oxygen atoms in total. The third-order valence-corrected chi connectivity index (χ3v) is 5.34. The summed E-state index contributed by atoms with van der Waals surface area (Å²) in [6, 6.07) is 8.22. The van der Waals surface area contributed by atoms with Crippen molar-refractivity contribution in [1.29, 1.82) is 5.26 Å². The highest BCUT2D eigenvalue weighted by molar-refractivity contribution is 6.20. The van der Waals surface area contributed by atoms with Gasteiger partial charge in [-0.1, -0.05) is 24.3 Å². The largest absolute Gasteiger partial charge is 0.331 e. The number of allylic oxidation sites excluding steroid dienone is 3. The molecule has 4 rings (SSSR count). The first-order chi connectivity index (χ1) is 13.0. The number of benzene rings is 1. The first kappa shape index (κ1) is 17.2. The van der Waals surface area contributed by atoms with E-state index in [9.17, 15) is 10.1 Å². The number of rotatable bonds is 3. The van der Waals surface area contributed by atoms with Crippen LogP contribution in [-0.4, -0.2) is 18.0 Å². The minimum absolute atomic E-state index is 0.0252. The van der Waals surface area contributed by atoms with E-state index in [1.54, 1.807) is 6.21 Å². The van der Waals surface area contributed by atoms with Crippen LogP contribution in [0.15, 0.2) is 51.8 Å². The van der Waals surface area contributed by atoms with Gasteiger partial charge < -0.3 is 10.6 Å². The monoisotopic (exact) mass is 359 g/mol. The van der Waals surface area contributed by atoms with Crippen LogP contribution in [0.4, 0.5) is 4.79 Å². The van der Waals surface area contributed by atoms with Crippen molar-refractivity contribution in [2.24, 2.45) is 10.2 Å². The number of hydrogen-bond acceptors (Lipinski definition) is 4. The topological polar surface area (TPSA) is 89.6 Å². The van der Waals surface area contributed by atoms with Gasteiger partial charge >= 0.3 is 6.03 Å². The lowest BCUT2D eigenvalue weighted by Crippen LogP contribution is -2.37. The Morgan fingerprint density at radius 1 is 1.37 bits per heavy atom. The van der Waals surface area contributed by atoms with Crippen molar-refractivity contribution >= 4 is 18.0 Å². The molecule has 0 bridgehead atoms. The van der Waals surface area contributed by atoms with E-state index >= 15 is 0 Å². The standard InChI is InChI=1S/C21H21N5O/c1-21(2,12-22)14-7-8-15-13(10-14)6-9-18(15)25-20(27)24-17-4-3-5-19-16(17)11-23-26-19/h3-4,7-8,10-11,18H,5-6,9H2,1-2H3,(H2,24,25,27). The van der Waals surface area contributed by atoms with Crippen molar-refractivity contribution in [3.8, 4) is 6.07 Å². The first-order valence-corrected chi connectivity index (χ1v) is 9.11. The number of carbonyl (C=O) groups excluding carboxylic acids is 1. The second-order valence-corrected chi connectivity index (χ2v) is 7.57. The Balaban J connectivity index is 1.47. The third kappa shape index (κ3) is 3.17. The molecule has 1 heterocycles. The molecule has 136 valence electrons. The van der Waals surface area contributed by atoms with Gasteiger partial charge in [0.2, 0.25) is 0 Å². The van der Waals surface area contributed by atoms with E-state index in [4.69, 9.17) is 0 Å². The van der Waals surface area contributed by atoms with Crippen LogP contribution in [0.2, 0.25) is 0 Å². The van der Waals surface area contributed by atoms with Crippen LogP contribution in [0.25, 0.3) is 0 Å². The van der Waals surface area contributed by atoms with Crippen molar-refractivity contribution < 1.29 is 4.79 Å². The molecule has 0 fully saturated rings. The summed E-state index contributed by atoms with van der Waals surface area (Å²) < 4.78 is 0. The molecule has 1 atom stereocenters. The van der Waals surface area contributed by atoms with Crippen LogP contribution < -0.4 is 10.6 Å². The molecule has 0 aromatic heterocycles. The molecule has 1 aromatic rings. The number of nitriles is 1. The summed E-state index contributed by atoms with van der Waals surface area (Å²) in [5, 5.41) is 23.3. The molecule has 2 aliphatic carbocycles. The average Bonchev–Trinajstić information content (AvgIpc) is 3.29. The predicted molar refractivity (Wildman–Crippen MR) is 105 cm³/mol. The van der Waals surface area contributed by atoms with E-state index in [0.717, 1.165) is 47.4 Å². The Morgan fingerprint density at radius 3 is 3.04 bits per heavy atom. The molecular formula is C21H21N5O. The second-order valence-electron chi connectivity index (χ2n) is 7.57. The second kappa shape index (κ2) is 6.51. The lowest BCUT2D eigenvalue weighted by Gasteiger charge is -2.19. The first-order valence-electron chi connectivity index (χ1n) is 9.11. The van der Waals surface area contributed by atoms with Gasteiger partial charge in [0, 0.05) is 12.0 Å². The summed E-state index contributed by atoms with van der Waals surface area (Å²) in [7, 11) is 0. The van der Waals surface area contributed by atoms with Crippen LogP contribution >= 0.6 is 0 Å². The zero-order valence-electron chi connectivity index (χ0n) is 15.4. The SMILES string of the molecule is CC(C)(C#N)c1ccc2c(c1)CCC2NC(=O)NC1=C2C=NN=C2CC=C1. The maximum Gasteiger partial charge on any atom is 0.319 e. The lowest BCUT2D eigenvalue weighted by molar-refractivity contribution is 0.239. The van der Waals surface area contributed by atoms with Crippen LogP contribution in [0.1, 0.15) is 49.4 Å². The normalized spacial score (nSPS) is 20.0. The molecule has 0 saturated heterocycles. The van der Waals surface area contributed by atoms with Gasteiger partial charge in [0.25, 0.3) is 0 Å². The fourth-order valence-corrected chi connectivity index (χ4v) is 3.69. The van der Waals surface area contributed by atoms with Crippen LogP contribution in [-0.2, 0) is 11.8 Å². The van der Waals surface area contributed by atoms with Gasteiger partial charge in [0.15, 0.2) is 0 Å². The van der Waals surface area contributed by atoms with E-state index in [2.05, 4.69) is 33.0 Å². The molecule has 2 amide bonds. The summed E-state index contributed by atoms with van der Waals surface area (Å²) in [6.07, 6.45) is 8.03. The van der Waals surface area contributed by atoms with Crippen molar-refractivity contribution in [1.82, 2.24) is 10.6 Å². The number of nitrogens with zero attached hydrogens (tertiary/aromatic N) is 3. The molecule has 0 saturated carbocycles. The highest BCUT2D eigenvalue weighted by Gasteiger charge is 2.28. The quantitative estimate of drug-likeness (QED) is 0.866. The van der Waals surface area contributed by atoms with Gasteiger partial charge in [-0.15, -0.1) is 0 Å². The third-order valence-electron chi connectivity index (χ3n) is 5.34. The van der Waals surface area contributed by atoms with Crippen LogP contribution in [0, 0.1) is 11.3 Å². The highest BCUT2D eigenvalue weighted by Crippen LogP contribution is 2.34. The zero-order valence-corrected chi connectivity index (χ0v) is 15.4. The minimum atomic E-state index is -0.513. The summed E-state index contributed by atoms with van der Waals surface area (Å²) in [5.41, 5.74) is 5.32. The molecule has 27 heavy (non-hydrogen) atoms. The number of carbonyl (C=O) groups is 1. The average molecular weight is 359 g/mol.